The fraction of sp³-hybridized carbons (Fsp3) is 0.423. The fourth-order valence-electron chi connectivity index (χ4n) is 4.56. The maximum Gasteiger partial charge on any atom is 0.127 e. The van der Waals surface area contributed by atoms with E-state index in [4.69, 9.17) is 4.74 Å². The quantitative estimate of drug-likeness (QED) is 0.499. The van der Waals surface area contributed by atoms with Gasteiger partial charge in [-0.2, -0.15) is 0 Å². The second kappa shape index (κ2) is 10.8. The molecule has 1 fully saturated rings. The molecule has 31 heavy (non-hydrogen) atoms. The summed E-state index contributed by atoms with van der Waals surface area (Å²) in [5.74, 6) is 0.557. The second-order valence-corrected chi connectivity index (χ2v) is 8.53. The molecule has 0 bridgehead atoms. The van der Waals surface area contributed by atoms with Crippen molar-refractivity contribution >= 4 is 10.9 Å². The third-order valence-electron chi connectivity index (χ3n) is 6.32. The highest BCUT2D eigenvalue weighted by Gasteiger charge is 2.22. The number of pyridine rings is 1. The van der Waals surface area contributed by atoms with Crippen LogP contribution in [0.4, 0.5) is 4.39 Å². The highest BCUT2D eigenvalue weighted by atomic mass is 19.1. The maximum atomic E-state index is 14.0. The van der Waals surface area contributed by atoms with Crippen LogP contribution in [0.15, 0.2) is 60.8 Å². The van der Waals surface area contributed by atoms with Crippen molar-refractivity contribution in [2.75, 3.05) is 39.9 Å². The summed E-state index contributed by atoms with van der Waals surface area (Å²) in [6.45, 7) is 6.37. The Bertz CT molecular complexity index is 966. The molecule has 164 valence electrons. The standard InChI is InChI=1S/C26H32FN3O/c1-31-17-16-30(19-22-7-4-10-26-24(22)8-5-13-28-26)18-21-11-14-29(15-12-21)20-23-6-2-3-9-25(23)27/h2-10,13,21H,11-12,14-20H2,1H3. The molecule has 4 nitrogen and oxygen atoms in total. The molecule has 1 aliphatic rings. The van der Waals surface area contributed by atoms with Gasteiger partial charge in [0.1, 0.15) is 5.82 Å². The topological polar surface area (TPSA) is 28.6 Å². The molecule has 3 aromatic rings. The lowest BCUT2D eigenvalue weighted by Crippen LogP contribution is -2.39. The van der Waals surface area contributed by atoms with Crippen molar-refractivity contribution in [3.8, 4) is 0 Å². The molecule has 0 amide bonds. The Morgan fingerprint density at radius 2 is 1.84 bits per heavy atom. The summed E-state index contributed by atoms with van der Waals surface area (Å²) in [6.07, 6.45) is 4.15. The minimum absolute atomic E-state index is 0.0973. The largest absolute Gasteiger partial charge is 0.383 e. The number of rotatable bonds is 9. The molecule has 2 aromatic carbocycles. The molecule has 0 N–H and O–H groups in total. The summed E-state index contributed by atoms with van der Waals surface area (Å²) in [7, 11) is 1.77. The summed E-state index contributed by atoms with van der Waals surface area (Å²) in [5, 5.41) is 1.23. The predicted octanol–water partition coefficient (Wildman–Crippen LogP) is 4.73. The Hall–Kier alpha value is -2.34. The zero-order valence-electron chi connectivity index (χ0n) is 18.3. The van der Waals surface area contributed by atoms with Crippen LogP contribution in [-0.2, 0) is 17.8 Å². The number of fused-ring (bicyclic) bond motifs is 1. The molecule has 0 atom stereocenters. The number of hydrogen-bond donors (Lipinski definition) is 0. The lowest BCUT2D eigenvalue weighted by Gasteiger charge is -2.35. The summed E-state index contributed by atoms with van der Waals surface area (Å²) >= 11 is 0. The zero-order chi connectivity index (χ0) is 21.5. The molecule has 1 aromatic heterocycles. The number of piperidine rings is 1. The van der Waals surface area contributed by atoms with Crippen LogP contribution in [0.2, 0.25) is 0 Å². The van der Waals surface area contributed by atoms with Crippen LogP contribution in [0.3, 0.4) is 0 Å². The highest BCUT2D eigenvalue weighted by Crippen LogP contribution is 2.23. The van der Waals surface area contributed by atoms with Crippen molar-refractivity contribution in [2.24, 2.45) is 5.92 Å². The zero-order valence-corrected chi connectivity index (χ0v) is 18.3. The average Bonchev–Trinajstić information content (AvgIpc) is 2.80. The van der Waals surface area contributed by atoms with Crippen LogP contribution in [0.5, 0.6) is 0 Å². The minimum Gasteiger partial charge on any atom is -0.383 e. The number of methoxy groups -OCH3 is 1. The van der Waals surface area contributed by atoms with Gasteiger partial charge < -0.3 is 4.74 Å². The Labute approximate surface area is 184 Å². The molecule has 0 unspecified atom stereocenters. The van der Waals surface area contributed by atoms with Crippen LogP contribution < -0.4 is 0 Å². The van der Waals surface area contributed by atoms with Crippen molar-refractivity contribution in [1.82, 2.24) is 14.8 Å². The van der Waals surface area contributed by atoms with Crippen molar-refractivity contribution in [1.29, 1.82) is 0 Å². The molecule has 1 aliphatic heterocycles. The molecule has 2 heterocycles. The number of hydrogen-bond acceptors (Lipinski definition) is 4. The van der Waals surface area contributed by atoms with Crippen molar-refractivity contribution < 1.29 is 9.13 Å². The molecular formula is C26H32FN3O. The van der Waals surface area contributed by atoms with Gasteiger partial charge >= 0.3 is 0 Å². The summed E-state index contributed by atoms with van der Waals surface area (Å²) in [5.41, 5.74) is 3.17. The first-order valence-corrected chi connectivity index (χ1v) is 11.2. The van der Waals surface area contributed by atoms with Crippen molar-refractivity contribution in [2.45, 2.75) is 25.9 Å². The van der Waals surface area contributed by atoms with Gasteiger partial charge in [0, 0.05) is 50.4 Å². The third-order valence-corrected chi connectivity index (χ3v) is 6.32. The van der Waals surface area contributed by atoms with Crippen LogP contribution in [0.1, 0.15) is 24.0 Å². The molecule has 5 heteroatoms. The maximum absolute atomic E-state index is 14.0. The smallest absolute Gasteiger partial charge is 0.127 e. The van der Waals surface area contributed by atoms with E-state index in [9.17, 15) is 4.39 Å². The van der Waals surface area contributed by atoms with Gasteiger partial charge in [0.2, 0.25) is 0 Å². The lowest BCUT2D eigenvalue weighted by molar-refractivity contribution is 0.106. The lowest BCUT2D eigenvalue weighted by atomic mass is 9.95. The molecule has 0 spiro atoms. The van der Waals surface area contributed by atoms with Crippen LogP contribution in [0.25, 0.3) is 10.9 Å². The first-order chi connectivity index (χ1) is 15.2. The van der Waals surface area contributed by atoms with Gasteiger partial charge in [-0.1, -0.05) is 36.4 Å². The van der Waals surface area contributed by atoms with Crippen LogP contribution >= 0.6 is 0 Å². The highest BCUT2D eigenvalue weighted by molar-refractivity contribution is 5.81. The van der Waals surface area contributed by atoms with Gasteiger partial charge in [0.15, 0.2) is 0 Å². The number of aromatic nitrogens is 1. The minimum atomic E-state index is -0.0973. The Kier molecular flexibility index (Phi) is 7.62. The molecular weight excluding hydrogens is 389 g/mol. The molecule has 0 radical (unpaired) electrons. The monoisotopic (exact) mass is 421 g/mol. The molecule has 1 saturated heterocycles. The molecule has 0 saturated carbocycles. The van der Waals surface area contributed by atoms with E-state index in [0.717, 1.165) is 63.3 Å². The molecule has 0 aliphatic carbocycles. The van der Waals surface area contributed by atoms with Gasteiger partial charge in [0.05, 0.1) is 12.1 Å². The predicted molar refractivity (Wildman–Crippen MR) is 123 cm³/mol. The van der Waals surface area contributed by atoms with Crippen LogP contribution in [0, 0.1) is 11.7 Å². The Morgan fingerprint density at radius 3 is 2.65 bits per heavy atom. The number of benzene rings is 2. The van der Waals surface area contributed by atoms with E-state index in [1.165, 1.54) is 10.9 Å². The van der Waals surface area contributed by atoms with Gasteiger partial charge in [-0.05, 0) is 55.6 Å². The Balaban J connectivity index is 1.36. The third kappa shape index (κ3) is 5.88. The summed E-state index contributed by atoms with van der Waals surface area (Å²) < 4.78 is 19.4. The number of nitrogens with zero attached hydrogens (tertiary/aromatic N) is 3. The van der Waals surface area contributed by atoms with E-state index in [1.54, 1.807) is 19.2 Å². The first kappa shape index (κ1) is 21.9. The van der Waals surface area contributed by atoms with E-state index in [2.05, 4.69) is 39.0 Å². The van der Waals surface area contributed by atoms with Gasteiger partial charge in [-0.3, -0.25) is 14.8 Å². The van der Waals surface area contributed by atoms with Gasteiger partial charge in [-0.15, -0.1) is 0 Å². The van der Waals surface area contributed by atoms with Crippen molar-refractivity contribution in [3.63, 3.8) is 0 Å². The summed E-state index contributed by atoms with van der Waals surface area (Å²) in [6, 6.07) is 17.7. The Morgan fingerprint density at radius 1 is 1.03 bits per heavy atom. The number of likely N-dealkylation sites (tertiary alicyclic amines) is 1. The van der Waals surface area contributed by atoms with E-state index >= 15 is 0 Å². The van der Waals surface area contributed by atoms with E-state index in [0.29, 0.717) is 12.5 Å². The second-order valence-electron chi connectivity index (χ2n) is 8.53. The normalized spacial score (nSPS) is 15.7. The van der Waals surface area contributed by atoms with Crippen molar-refractivity contribution in [3.05, 3.63) is 77.7 Å². The number of ether oxygens (including phenoxy) is 1. The van der Waals surface area contributed by atoms with E-state index in [1.807, 2.05) is 24.4 Å². The van der Waals surface area contributed by atoms with Gasteiger partial charge in [-0.25, -0.2) is 4.39 Å². The van der Waals surface area contributed by atoms with E-state index < -0.39 is 0 Å². The SMILES string of the molecule is COCCN(Cc1cccc2ncccc12)CC1CCN(Cc2ccccc2F)CC1. The fourth-order valence-corrected chi connectivity index (χ4v) is 4.56. The first-order valence-electron chi connectivity index (χ1n) is 11.2. The average molecular weight is 422 g/mol. The number of halogens is 1. The van der Waals surface area contributed by atoms with Crippen LogP contribution in [-0.4, -0.2) is 54.7 Å². The molecule has 4 rings (SSSR count). The van der Waals surface area contributed by atoms with Gasteiger partial charge in [0.25, 0.3) is 0 Å². The van der Waals surface area contributed by atoms with E-state index in [-0.39, 0.29) is 5.82 Å². The summed E-state index contributed by atoms with van der Waals surface area (Å²) in [4.78, 5) is 9.40.